The van der Waals surface area contributed by atoms with Gasteiger partial charge in [0.2, 0.25) is 0 Å². The fraction of sp³-hybridized carbons (Fsp3) is 0.238. The van der Waals surface area contributed by atoms with E-state index in [0.29, 0.717) is 5.75 Å². The van der Waals surface area contributed by atoms with Gasteiger partial charge in [0.05, 0.1) is 27.3 Å². The van der Waals surface area contributed by atoms with Crippen LogP contribution in [0.2, 0.25) is 0 Å². The van der Waals surface area contributed by atoms with Crippen molar-refractivity contribution in [2.45, 2.75) is 25.6 Å². The summed E-state index contributed by atoms with van der Waals surface area (Å²) in [6, 6.07) is 10.6. The van der Waals surface area contributed by atoms with Crippen molar-refractivity contribution in [3.8, 4) is 0 Å². The maximum absolute atomic E-state index is 13.0. The number of hydrogen-bond acceptors (Lipinski definition) is 5. The highest BCUT2D eigenvalue weighted by atomic mass is 32.2. The van der Waals surface area contributed by atoms with E-state index >= 15 is 0 Å². The fourth-order valence-electron chi connectivity index (χ4n) is 3.00. The molecule has 0 N–H and O–H groups in total. The number of benzene rings is 2. The number of aliphatic imine (C=N–C) groups is 1. The number of para-hydroxylation sites is 1. The summed E-state index contributed by atoms with van der Waals surface area (Å²) < 4.78 is 39.0. The van der Waals surface area contributed by atoms with E-state index < -0.39 is 28.1 Å². The molecular formula is C21H18F3N3O3S. The largest absolute Gasteiger partial charge is 0.416 e. The van der Waals surface area contributed by atoms with Gasteiger partial charge < -0.3 is 0 Å². The zero-order chi connectivity index (χ0) is 22.8. The molecule has 2 aromatic rings. The van der Waals surface area contributed by atoms with Crippen LogP contribution in [0, 0.1) is 10.1 Å². The van der Waals surface area contributed by atoms with Crippen LogP contribution >= 0.6 is 11.8 Å². The van der Waals surface area contributed by atoms with Gasteiger partial charge in [-0.1, -0.05) is 30.0 Å². The Bertz CT molecular complexity index is 1080. The van der Waals surface area contributed by atoms with Gasteiger partial charge in [-0.05, 0) is 44.2 Å². The first-order valence-electron chi connectivity index (χ1n) is 9.13. The average Bonchev–Trinajstić information content (AvgIpc) is 3.00. The number of amidine groups is 1. The van der Waals surface area contributed by atoms with Crippen LogP contribution in [0.4, 0.5) is 24.5 Å². The van der Waals surface area contributed by atoms with Gasteiger partial charge in [-0.15, -0.1) is 0 Å². The number of carbonyl (C=O) groups excluding carboxylic acids is 1. The predicted octanol–water partition coefficient (Wildman–Crippen LogP) is 5.67. The molecule has 0 bridgehead atoms. The lowest BCUT2D eigenvalue weighted by atomic mass is 10.1. The van der Waals surface area contributed by atoms with Crippen molar-refractivity contribution >= 4 is 40.3 Å². The van der Waals surface area contributed by atoms with Crippen molar-refractivity contribution in [3.63, 3.8) is 0 Å². The maximum atomic E-state index is 13.0. The van der Waals surface area contributed by atoms with Crippen LogP contribution in [0.3, 0.4) is 0 Å². The van der Waals surface area contributed by atoms with E-state index in [1.54, 1.807) is 6.07 Å². The number of nitro groups is 1. The number of nitrogens with zero attached hydrogens (tertiary/aromatic N) is 3. The molecule has 1 aliphatic rings. The second-order valence-corrected chi connectivity index (χ2v) is 8.31. The highest BCUT2D eigenvalue weighted by Gasteiger charge is 2.40. The molecule has 3 rings (SSSR count). The van der Waals surface area contributed by atoms with Crippen LogP contribution in [0.5, 0.6) is 0 Å². The Morgan fingerprint density at radius 1 is 1.23 bits per heavy atom. The quantitative estimate of drug-likeness (QED) is 0.342. The first-order valence-corrected chi connectivity index (χ1v) is 10.1. The number of rotatable bonds is 4. The van der Waals surface area contributed by atoms with Crippen molar-refractivity contribution in [2.75, 3.05) is 5.75 Å². The zero-order valence-electron chi connectivity index (χ0n) is 16.6. The summed E-state index contributed by atoms with van der Waals surface area (Å²) >= 11 is 1.26. The second kappa shape index (κ2) is 8.54. The number of nitro benzene ring substituents is 1. The Balaban J connectivity index is 1.92. The maximum Gasteiger partial charge on any atom is 0.416 e. The molecule has 1 amide bonds. The minimum absolute atomic E-state index is 0.0792. The minimum Gasteiger partial charge on any atom is -0.281 e. The van der Waals surface area contributed by atoms with Crippen molar-refractivity contribution < 1.29 is 22.9 Å². The molecule has 1 saturated heterocycles. The van der Waals surface area contributed by atoms with Crippen LogP contribution in [0.25, 0.3) is 6.08 Å². The average molecular weight is 449 g/mol. The summed E-state index contributed by atoms with van der Waals surface area (Å²) in [7, 11) is 0. The molecular weight excluding hydrogens is 431 g/mol. The summed E-state index contributed by atoms with van der Waals surface area (Å²) in [5.41, 5.74) is -1.27. The van der Waals surface area contributed by atoms with Gasteiger partial charge in [0, 0.05) is 17.9 Å². The Morgan fingerprint density at radius 2 is 1.94 bits per heavy atom. The molecule has 2 aromatic carbocycles. The number of thioether (sulfide) groups is 1. The Labute approximate surface area is 180 Å². The lowest BCUT2D eigenvalue weighted by molar-refractivity contribution is -0.385. The molecule has 0 atom stereocenters. The van der Waals surface area contributed by atoms with E-state index in [4.69, 9.17) is 0 Å². The molecule has 1 heterocycles. The van der Waals surface area contributed by atoms with Crippen LogP contribution in [-0.4, -0.2) is 32.2 Å². The van der Waals surface area contributed by atoms with E-state index in [-0.39, 0.29) is 22.1 Å². The molecule has 0 spiro atoms. The SMILES string of the molecule is CC1(C)CSC(=Nc2cccc(C(F)(F)F)c2)N1C(=O)/C=C/c1ccccc1[N+](=O)[O-]. The predicted molar refractivity (Wildman–Crippen MR) is 114 cm³/mol. The highest BCUT2D eigenvalue weighted by molar-refractivity contribution is 8.14. The van der Waals surface area contributed by atoms with Crippen molar-refractivity contribution in [3.05, 3.63) is 75.8 Å². The zero-order valence-corrected chi connectivity index (χ0v) is 17.4. The lowest BCUT2D eigenvalue weighted by Crippen LogP contribution is -2.45. The Morgan fingerprint density at radius 3 is 2.61 bits per heavy atom. The van der Waals surface area contributed by atoms with Gasteiger partial charge in [-0.3, -0.25) is 19.8 Å². The highest BCUT2D eigenvalue weighted by Crippen LogP contribution is 2.36. The molecule has 1 fully saturated rings. The molecule has 0 radical (unpaired) electrons. The minimum atomic E-state index is -4.50. The van der Waals surface area contributed by atoms with Crippen LogP contribution in [0.15, 0.2) is 59.6 Å². The van der Waals surface area contributed by atoms with Gasteiger partial charge in [-0.2, -0.15) is 13.2 Å². The van der Waals surface area contributed by atoms with Crippen molar-refractivity contribution in [1.29, 1.82) is 0 Å². The van der Waals surface area contributed by atoms with Gasteiger partial charge >= 0.3 is 6.18 Å². The van der Waals surface area contributed by atoms with Gasteiger partial charge in [0.25, 0.3) is 11.6 Å². The lowest BCUT2D eigenvalue weighted by Gasteiger charge is -2.29. The van der Waals surface area contributed by atoms with Crippen LogP contribution in [-0.2, 0) is 11.0 Å². The smallest absolute Gasteiger partial charge is 0.281 e. The van der Waals surface area contributed by atoms with E-state index in [9.17, 15) is 28.1 Å². The number of carbonyl (C=O) groups is 1. The molecule has 0 aromatic heterocycles. The summed E-state index contributed by atoms with van der Waals surface area (Å²) in [4.78, 5) is 29.2. The second-order valence-electron chi connectivity index (χ2n) is 7.37. The Hall–Kier alpha value is -3.14. The summed E-state index contributed by atoms with van der Waals surface area (Å²) in [5, 5.41) is 11.4. The molecule has 31 heavy (non-hydrogen) atoms. The molecule has 0 unspecified atom stereocenters. The molecule has 1 aliphatic heterocycles. The van der Waals surface area contributed by atoms with E-state index in [0.717, 1.165) is 12.1 Å². The topological polar surface area (TPSA) is 75.8 Å². The standard InChI is InChI=1S/C21H18F3N3O3S/c1-20(2)13-31-19(25-16-8-5-7-15(12-16)21(22,23)24)26(20)18(28)11-10-14-6-3-4-9-17(14)27(29)30/h3-12H,13H2,1-2H3/b11-10+,25-19?. The van der Waals surface area contributed by atoms with E-state index in [2.05, 4.69) is 4.99 Å². The Kier molecular flexibility index (Phi) is 6.21. The third kappa shape index (κ3) is 5.13. The first kappa shape index (κ1) is 22.5. The normalized spacial score (nSPS) is 17.5. The van der Waals surface area contributed by atoms with E-state index in [1.807, 2.05) is 13.8 Å². The number of amides is 1. The summed E-state index contributed by atoms with van der Waals surface area (Å²) in [5.74, 6) is 0.0226. The van der Waals surface area contributed by atoms with Crippen LogP contribution in [0.1, 0.15) is 25.0 Å². The third-order valence-corrected chi connectivity index (χ3v) is 5.89. The monoisotopic (exact) mass is 449 g/mol. The third-order valence-electron chi connectivity index (χ3n) is 4.51. The first-order chi connectivity index (χ1) is 14.5. The number of halogens is 3. The molecule has 162 valence electrons. The molecule has 6 nitrogen and oxygen atoms in total. The summed E-state index contributed by atoms with van der Waals surface area (Å²) in [6.07, 6.45) is -1.94. The molecule has 0 saturated carbocycles. The number of hydrogen-bond donors (Lipinski definition) is 0. The summed E-state index contributed by atoms with van der Waals surface area (Å²) in [6.45, 7) is 3.62. The number of alkyl halides is 3. The molecule has 0 aliphatic carbocycles. The van der Waals surface area contributed by atoms with Crippen molar-refractivity contribution in [2.24, 2.45) is 4.99 Å². The van der Waals surface area contributed by atoms with Gasteiger partial charge in [0.15, 0.2) is 5.17 Å². The van der Waals surface area contributed by atoms with Crippen molar-refractivity contribution in [1.82, 2.24) is 4.90 Å². The van der Waals surface area contributed by atoms with E-state index in [1.165, 1.54) is 59.1 Å². The fourth-order valence-corrected chi connectivity index (χ4v) is 4.24. The van der Waals surface area contributed by atoms with Gasteiger partial charge in [-0.25, -0.2) is 4.99 Å². The molecule has 10 heteroatoms. The van der Waals surface area contributed by atoms with Gasteiger partial charge in [0.1, 0.15) is 0 Å². The van der Waals surface area contributed by atoms with Crippen LogP contribution < -0.4 is 0 Å².